The van der Waals surface area contributed by atoms with Gasteiger partial charge in [-0.25, -0.2) is 4.39 Å². The molecule has 6 nitrogen and oxygen atoms in total. The van der Waals surface area contributed by atoms with E-state index in [1.165, 1.54) is 0 Å². The summed E-state index contributed by atoms with van der Waals surface area (Å²) in [6.07, 6.45) is 0.992. The average Bonchev–Trinajstić information content (AvgIpc) is 2.79. The molecule has 106 valence electrons. The predicted molar refractivity (Wildman–Crippen MR) is 67.5 cm³/mol. The van der Waals surface area contributed by atoms with Gasteiger partial charge in [0.15, 0.2) is 0 Å². The van der Waals surface area contributed by atoms with E-state index < -0.39 is 22.2 Å². The monoisotopic (exact) mass is 280 g/mol. The topological polar surface area (TPSA) is 80.5 Å². The van der Waals surface area contributed by atoms with Gasteiger partial charge in [0.1, 0.15) is 5.82 Å². The van der Waals surface area contributed by atoms with E-state index in [4.69, 9.17) is 0 Å². The maximum absolute atomic E-state index is 13.7. The molecule has 0 N–H and O–H groups in total. The van der Waals surface area contributed by atoms with Crippen molar-refractivity contribution in [2.45, 2.75) is 19.8 Å². The number of amides is 2. The summed E-state index contributed by atoms with van der Waals surface area (Å²) in [5.74, 6) is -1.98. The number of non-ortho nitro benzene ring substituents is 1. The summed E-state index contributed by atoms with van der Waals surface area (Å²) in [6.45, 7) is 2.14. The Labute approximate surface area is 114 Å². The highest BCUT2D eigenvalue weighted by Gasteiger charge is 2.34. The Morgan fingerprint density at radius 3 is 2.80 bits per heavy atom. The van der Waals surface area contributed by atoms with Crippen LogP contribution in [0.4, 0.5) is 10.1 Å². The fourth-order valence-corrected chi connectivity index (χ4v) is 2.19. The zero-order chi connectivity index (χ0) is 14.9. The molecule has 1 fully saturated rings. The fraction of sp³-hybridized carbons (Fsp3) is 0.385. The summed E-state index contributed by atoms with van der Waals surface area (Å²) in [7, 11) is 0. The third-order valence-corrected chi connectivity index (χ3v) is 3.42. The summed E-state index contributed by atoms with van der Waals surface area (Å²) in [4.78, 5) is 34.8. The van der Waals surface area contributed by atoms with Crippen LogP contribution in [0, 0.1) is 21.8 Å². The van der Waals surface area contributed by atoms with Gasteiger partial charge in [0.2, 0.25) is 5.91 Å². The van der Waals surface area contributed by atoms with Crippen LogP contribution in [0.1, 0.15) is 30.1 Å². The lowest BCUT2D eigenvalue weighted by Gasteiger charge is -2.14. The summed E-state index contributed by atoms with van der Waals surface area (Å²) >= 11 is 0. The average molecular weight is 280 g/mol. The Hall–Kier alpha value is -2.31. The van der Waals surface area contributed by atoms with Gasteiger partial charge >= 0.3 is 0 Å². The van der Waals surface area contributed by atoms with Crippen LogP contribution in [0.25, 0.3) is 0 Å². The zero-order valence-corrected chi connectivity index (χ0v) is 10.8. The number of carbonyl (C=O) groups is 2. The molecule has 1 aromatic rings. The van der Waals surface area contributed by atoms with Crippen molar-refractivity contribution in [1.29, 1.82) is 0 Å². The first kappa shape index (κ1) is 14.1. The first-order valence-electron chi connectivity index (χ1n) is 6.22. The van der Waals surface area contributed by atoms with Crippen molar-refractivity contribution >= 4 is 17.5 Å². The van der Waals surface area contributed by atoms with Gasteiger partial charge in [-0.3, -0.25) is 24.6 Å². The molecule has 1 aliphatic heterocycles. The van der Waals surface area contributed by atoms with Crippen LogP contribution in [0.3, 0.4) is 0 Å². The summed E-state index contributed by atoms with van der Waals surface area (Å²) in [6, 6.07) is 2.71. The van der Waals surface area contributed by atoms with E-state index in [0.717, 1.165) is 29.5 Å². The largest absolute Gasteiger partial charge is 0.278 e. The third kappa shape index (κ3) is 2.52. The number of carbonyl (C=O) groups excluding carboxylic acids is 2. The Morgan fingerprint density at radius 1 is 1.55 bits per heavy atom. The van der Waals surface area contributed by atoms with Crippen molar-refractivity contribution in [3.05, 3.63) is 39.7 Å². The van der Waals surface area contributed by atoms with Crippen molar-refractivity contribution in [2.24, 2.45) is 5.92 Å². The molecule has 0 spiro atoms. The first-order valence-corrected chi connectivity index (χ1v) is 6.22. The number of nitro benzene ring substituents is 1. The van der Waals surface area contributed by atoms with Crippen LogP contribution in [-0.4, -0.2) is 28.2 Å². The smallest absolute Gasteiger partial charge is 0.270 e. The Bertz CT molecular complexity index is 588. The number of benzene rings is 1. The number of nitro groups is 1. The van der Waals surface area contributed by atoms with Gasteiger partial charge in [-0.05, 0) is 12.0 Å². The van der Waals surface area contributed by atoms with Gasteiger partial charge in [0.25, 0.3) is 11.6 Å². The molecule has 1 aliphatic rings. The maximum Gasteiger partial charge on any atom is 0.270 e. The van der Waals surface area contributed by atoms with E-state index in [-0.39, 0.29) is 30.5 Å². The number of imide groups is 1. The van der Waals surface area contributed by atoms with E-state index in [0.29, 0.717) is 0 Å². The SMILES string of the molecule is CCC1CC(=O)N(C(=O)c2cc([N+](=O)[O-])ccc2F)C1. The molecule has 0 radical (unpaired) electrons. The molecule has 1 atom stereocenters. The van der Waals surface area contributed by atoms with Gasteiger partial charge in [0, 0.05) is 25.1 Å². The molecular formula is C13H13FN2O4. The summed E-state index contributed by atoms with van der Waals surface area (Å²) in [5, 5.41) is 10.7. The molecule has 1 unspecified atom stereocenters. The molecule has 1 saturated heterocycles. The number of likely N-dealkylation sites (tertiary alicyclic amines) is 1. The van der Waals surface area contributed by atoms with Gasteiger partial charge in [-0.2, -0.15) is 0 Å². The second kappa shape index (κ2) is 5.36. The maximum atomic E-state index is 13.7. The molecule has 1 heterocycles. The Kier molecular flexibility index (Phi) is 3.78. The number of nitrogens with zero attached hydrogens (tertiary/aromatic N) is 2. The summed E-state index contributed by atoms with van der Waals surface area (Å²) < 4.78 is 13.7. The van der Waals surface area contributed by atoms with E-state index in [1.54, 1.807) is 0 Å². The highest BCUT2D eigenvalue weighted by atomic mass is 19.1. The molecule has 2 rings (SSSR count). The van der Waals surface area contributed by atoms with E-state index in [1.807, 2.05) is 6.92 Å². The van der Waals surface area contributed by atoms with Crippen LogP contribution in [0.5, 0.6) is 0 Å². The zero-order valence-electron chi connectivity index (χ0n) is 10.8. The molecule has 0 bridgehead atoms. The fourth-order valence-electron chi connectivity index (χ4n) is 2.19. The summed E-state index contributed by atoms with van der Waals surface area (Å²) in [5.41, 5.74) is -0.822. The van der Waals surface area contributed by atoms with E-state index >= 15 is 0 Å². The Morgan fingerprint density at radius 2 is 2.25 bits per heavy atom. The number of halogens is 1. The van der Waals surface area contributed by atoms with Crippen molar-refractivity contribution in [3.63, 3.8) is 0 Å². The van der Waals surface area contributed by atoms with Crippen LogP contribution < -0.4 is 0 Å². The molecule has 0 saturated carbocycles. The van der Waals surface area contributed by atoms with Gasteiger partial charge in [-0.1, -0.05) is 13.3 Å². The molecular weight excluding hydrogens is 267 g/mol. The number of hydrogen-bond donors (Lipinski definition) is 0. The molecule has 20 heavy (non-hydrogen) atoms. The van der Waals surface area contributed by atoms with Crippen molar-refractivity contribution in [2.75, 3.05) is 6.54 Å². The lowest BCUT2D eigenvalue weighted by molar-refractivity contribution is -0.384. The normalized spacial score (nSPS) is 18.4. The predicted octanol–water partition coefficient (Wildman–Crippen LogP) is 2.13. The second-order valence-corrected chi connectivity index (χ2v) is 4.71. The third-order valence-electron chi connectivity index (χ3n) is 3.42. The highest BCUT2D eigenvalue weighted by Crippen LogP contribution is 2.25. The van der Waals surface area contributed by atoms with E-state index in [9.17, 15) is 24.1 Å². The molecule has 0 aromatic heterocycles. The lowest BCUT2D eigenvalue weighted by Crippen LogP contribution is -2.33. The van der Waals surface area contributed by atoms with Gasteiger partial charge < -0.3 is 0 Å². The second-order valence-electron chi connectivity index (χ2n) is 4.71. The first-order chi connectivity index (χ1) is 9.43. The van der Waals surface area contributed by atoms with Gasteiger partial charge in [-0.15, -0.1) is 0 Å². The van der Waals surface area contributed by atoms with Crippen molar-refractivity contribution in [1.82, 2.24) is 4.90 Å². The minimum Gasteiger partial charge on any atom is -0.278 e. The van der Waals surface area contributed by atoms with E-state index in [2.05, 4.69) is 0 Å². The van der Waals surface area contributed by atoms with Crippen molar-refractivity contribution < 1.29 is 18.9 Å². The van der Waals surface area contributed by atoms with Gasteiger partial charge in [0.05, 0.1) is 10.5 Å². The Balaban J connectivity index is 2.32. The van der Waals surface area contributed by atoms with Crippen LogP contribution in [0.2, 0.25) is 0 Å². The molecule has 0 aliphatic carbocycles. The molecule has 7 heteroatoms. The minimum atomic E-state index is -0.867. The standard InChI is InChI=1S/C13H13FN2O4/c1-2-8-5-12(17)15(7-8)13(18)10-6-9(16(19)20)3-4-11(10)14/h3-4,6,8H,2,5,7H2,1H3. The molecule has 2 amide bonds. The highest BCUT2D eigenvalue weighted by molar-refractivity contribution is 6.06. The van der Waals surface area contributed by atoms with Crippen LogP contribution in [-0.2, 0) is 4.79 Å². The van der Waals surface area contributed by atoms with Crippen LogP contribution in [0.15, 0.2) is 18.2 Å². The minimum absolute atomic E-state index is 0.0632. The van der Waals surface area contributed by atoms with Crippen LogP contribution >= 0.6 is 0 Å². The number of hydrogen-bond acceptors (Lipinski definition) is 4. The quantitative estimate of drug-likeness (QED) is 0.482. The molecule has 1 aromatic carbocycles. The lowest BCUT2D eigenvalue weighted by atomic mass is 10.1. The number of rotatable bonds is 3. The van der Waals surface area contributed by atoms with Crippen molar-refractivity contribution in [3.8, 4) is 0 Å².